The van der Waals surface area contributed by atoms with Crippen molar-refractivity contribution in [3.63, 3.8) is 0 Å². The lowest BCUT2D eigenvalue weighted by atomic mass is 10.3. The molecule has 82 valence electrons. The summed E-state index contributed by atoms with van der Waals surface area (Å²) in [6, 6.07) is 7.17. The Morgan fingerprint density at radius 2 is 2.25 bits per heavy atom. The first-order valence-electron chi connectivity index (χ1n) is 4.72. The lowest BCUT2D eigenvalue weighted by molar-refractivity contribution is 0.0988. The molecule has 1 N–H and O–H groups in total. The topological polar surface area (TPSA) is 49.0 Å². The number of hydrogen-bond donors (Lipinski definition) is 1. The molecular weight excluding hydrogens is 270 g/mol. The predicted molar refractivity (Wildman–Crippen MR) is 65.5 cm³/mol. The van der Waals surface area contributed by atoms with Crippen LogP contribution < -0.4 is 4.90 Å². The molecule has 0 atom stereocenters. The number of carbonyl (C=O) groups excluding carboxylic acids is 1. The minimum absolute atomic E-state index is 0.121. The highest BCUT2D eigenvalue weighted by Gasteiger charge is 2.16. The van der Waals surface area contributed by atoms with E-state index in [9.17, 15) is 4.79 Å². The second-order valence-electron chi connectivity index (χ2n) is 3.26. The van der Waals surface area contributed by atoms with Crippen LogP contribution in [-0.4, -0.2) is 22.9 Å². The minimum atomic E-state index is -0.121. The number of rotatable bonds is 2. The highest BCUT2D eigenvalue weighted by molar-refractivity contribution is 9.10. The van der Waals surface area contributed by atoms with Gasteiger partial charge in [0.2, 0.25) is 0 Å². The van der Waals surface area contributed by atoms with Crippen LogP contribution in [0.15, 0.2) is 41.1 Å². The molecule has 0 unspecified atom stereocenters. The van der Waals surface area contributed by atoms with Gasteiger partial charge in [-0.2, -0.15) is 0 Å². The van der Waals surface area contributed by atoms with Crippen LogP contribution in [-0.2, 0) is 0 Å². The Morgan fingerprint density at radius 1 is 1.44 bits per heavy atom. The predicted octanol–water partition coefficient (Wildman–Crippen LogP) is 2.45. The normalized spacial score (nSPS) is 10.1. The van der Waals surface area contributed by atoms with E-state index < -0.39 is 0 Å². The third-order valence-corrected chi connectivity index (χ3v) is 2.81. The van der Waals surface area contributed by atoms with Gasteiger partial charge < -0.3 is 4.98 Å². The second kappa shape index (κ2) is 4.49. The number of amides is 1. The zero-order chi connectivity index (χ0) is 11.5. The van der Waals surface area contributed by atoms with E-state index in [1.807, 2.05) is 6.07 Å². The van der Waals surface area contributed by atoms with Crippen LogP contribution in [0.25, 0.3) is 0 Å². The lowest BCUT2D eigenvalue weighted by Gasteiger charge is -2.16. The fourth-order valence-electron chi connectivity index (χ4n) is 1.36. The van der Waals surface area contributed by atoms with Crippen LogP contribution >= 0.6 is 15.9 Å². The van der Waals surface area contributed by atoms with Crippen molar-refractivity contribution in [1.29, 1.82) is 0 Å². The molecule has 0 aromatic carbocycles. The van der Waals surface area contributed by atoms with Gasteiger partial charge >= 0.3 is 0 Å². The maximum Gasteiger partial charge on any atom is 0.275 e. The Kier molecular flexibility index (Phi) is 3.05. The van der Waals surface area contributed by atoms with Crippen LogP contribution in [0, 0.1) is 0 Å². The largest absolute Gasteiger partial charge is 0.357 e. The van der Waals surface area contributed by atoms with Gasteiger partial charge in [0.25, 0.3) is 5.91 Å². The monoisotopic (exact) mass is 279 g/mol. The van der Waals surface area contributed by atoms with Crippen molar-refractivity contribution in [1.82, 2.24) is 9.97 Å². The number of H-pyrrole nitrogens is 1. The van der Waals surface area contributed by atoms with Gasteiger partial charge in [0.1, 0.15) is 11.5 Å². The summed E-state index contributed by atoms with van der Waals surface area (Å²) in [7, 11) is 1.69. The number of carbonyl (C=O) groups is 1. The Balaban J connectivity index is 2.30. The number of halogens is 1. The van der Waals surface area contributed by atoms with E-state index in [1.165, 1.54) is 4.90 Å². The first-order chi connectivity index (χ1) is 7.70. The molecule has 0 spiro atoms. The molecule has 2 rings (SSSR count). The number of aromatic nitrogens is 2. The SMILES string of the molecule is CN(C(=O)c1ccc[nH]1)c1ncccc1Br. The van der Waals surface area contributed by atoms with Crippen LogP contribution in [0.3, 0.4) is 0 Å². The van der Waals surface area contributed by atoms with Crippen molar-refractivity contribution in [3.05, 3.63) is 46.8 Å². The summed E-state index contributed by atoms with van der Waals surface area (Å²) in [5, 5.41) is 0. The Labute approximate surface area is 101 Å². The Bertz CT molecular complexity index is 496. The van der Waals surface area contributed by atoms with Crippen LogP contribution in [0.2, 0.25) is 0 Å². The van der Waals surface area contributed by atoms with Gasteiger partial charge in [-0.25, -0.2) is 4.98 Å². The zero-order valence-electron chi connectivity index (χ0n) is 8.64. The van der Waals surface area contributed by atoms with Crippen molar-refractivity contribution in [2.75, 3.05) is 11.9 Å². The molecule has 5 heteroatoms. The van der Waals surface area contributed by atoms with E-state index in [2.05, 4.69) is 25.9 Å². The van der Waals surface area contributed by atoms with E-state index in [0.717, 1.165) is 4.47 Å². The molecule has 0 radical (unpaired) electrons. The summed E-state index contributed by atoms with van der Waals surface area (Å²) in [6.07, 6.45) is 3.37. The molecular formula is C11H10BrN3O. The van der Waals surface area contributed by atoms with Gasteiger partial charge in [0.05, 0.1) is 4.47 Å². The number of pyridine rings is 1. The molecule has 0 saturated carbocycles. The number of nitrogens with zero attached hydrogens (tertiary/aromatic N) is 2. The van der Waals surface area contributed by atoms with Crippen molar-refractivity contribution in [3.8, 4) is 0 Å². The smallest absolute Gasteiger partial charge is 0.275 e. The number of anilines is 1. The number of hydrogen-bond acceptors (Lipinski definition) is 2. The summed E-state index contributed by atoms with van der Waals surface area (Å²) in [5.74, 6) is 0.478. The molecule has 0 aliphatic rings. The second-order valence-corrected chi connectivity index (χ2v) is 4.11. The molecule has 2 heterocycles. The molecule has 0 fully saturated rings. The summed E-state index contributed by atoms with van der Waals surface area (Å²) >= 11 is 3.36. The summed E-state index contributed by atoms with van der Waals surface area (Å²) < 4.78 is 0.789. The van der Waals surface area contributed by atoms with E-state index >= 15 is 0 Å². The lowest BCUT2D eigenvalue weighted by Crippen LogP contribution is -2.27. The number of nitrogens with one attached hydrogen (secondary N) is 1. The fourth-order valence-corrected chi connectivity index (χ4v) is 1.89. The van der Waals surface area contributed by atoms with Gasteiger partial charge in [-0.1, -0.05) is 0 Å². The third kappa shape index (κ3) is 1.99. The van der Waals surface area contributed by atoms with E-state index in [4.69, 9.17) is 0 Å². The maximum atomic E-state index is 12.0. The van der Waals surface area contributed by atoms with E-state index in [-0.39, 0.29) is 5.91 Å². The van der Waals surface area contributed by atoms with Gasteiger partial charge in [-0.05, 0) is 40.2 Å². The zero-order valence-corrected chi connectivity index (χ0v) is 10.2. The van der Waals surface area contributed by atoms with Gasteiger partial charge in [0.15, 0.2) is 0 Å². The van der Waals surface area contributed by atoms with Crippen LogP contribution in [0.5, 0.6) is 0 Å². The Morgan fingerprint density at radius 3 is 2.88 bits per heavy atom. The molecule has 0 aliphatic carbocycles. The van der Waals surface area contributed by atoms with E-state index in [0.29, 0.717) is 11.5 Å². The highest BCUT2D eigenvalue weighted by atomic mass is 79.9. The molecule has 16 heavy (non-hydrogen) atoms. The molecule has 0 bridgehead atoms. The highest BCUT2D eigenvalue weighted by Crippen LogP contribution is 2.22. The minimum Gasteiger partial charge on any atom is -0.357 e. The molecule has 1 amide bonds. The van der Waals surface area contributed by atoms with Crippen molar-refractivity contribution in [2.24, 2.45) is 0 Å². The molecule has 2 aromatic heterocycles. The fraction of sp³-hybridized carbons (Fsp3) is 0.0909. The van der Waals surface area contributed by atoms with Gasteiger partial charge in [-0.3, -0.25) is 9.69 Å². The third-order valence-electron chi connectivity index (χ3n) is 2.19. The quantitative estimate of drug-likeness (QED) is 0.918. The summed E-state index contributed by atoms with van der Waals surface area (Å²) in [4.78, 5) is 20.5. The summed E-state index contributed by atoms with van der Waals surface area (Å²) in [5.41, 5.74) is 0.542. The first kappa shape index (κ1) is 10.9. The van der Waals surface area contributed by atoms with Crippen molar-refractivity contribution in [2.45, 2.75) is 0 Å². The maximum absolute atomic E-state index is 12.0. The number of aromatic amines is 1. The molecule has 0 saturated heterocycles. The van der Waals surface area contributed by atoms with E-state index in [1.54, 1.807) is 37.6 Å². The average molecular weight is 280 g/mol. The molecule has 0 aliphatic heterocycles. The Hall–Kier alpha value is -1.62. The standard InChI is InChI=1S/C11H10BrN3O/c1-15(10-8(12)4-2-7-14-10)11(16)9-5-3-6-13-9/h2-7,13H,1H3. The summed E-state index contributed by atoms with van der Waals surface area (Å²) in [6.45, 7) is 0. The van der Waals surface area contributed by atoms with Crippen LogP contribution in [0.4, 0.5) is 5.82 Å². The molecule has 4 nitrogen and oxygen atoms in total. The van der Waals surface area contributed by atoms with Crippen molar-refractivity contribution >= 4 is 27.7 Å². The van der Waals surface area contributed by atoms with Gasteiger partial charge in [-0.15, -0.1) is 0 Å². The molecule has 2 aromatic rings. The van der Waals surface area contributed by atoms with Crippen LogP contribution in [0.1, 0.15) is 10.5 Å². The average Bonchev–Trinajstić information content (AvgIpc) is 2.81. The van der Waals surface area contributed by atoms with Crippen molar-refractivity contribution < 1.29 is 4.79 Å². The van der Waals surface area contributed by atoms with Gasteiger partial charge in [0, 0.05) is 19.4 Å². The first-order valence-corrected chi connectivity index (χ1v) is 5.51.